The molecule has 1 rings (SSSR count). The Morgan fingerprint density at radius 1 is 1.11 bits per heavy atom. The summed E-state index contributed by atoms with van der Waals surface area (Å²) in [7, 11) is 1.83. The van der Waals surface area contributed by atoms with Crippen LogP contribution in [0.3, 0.4) is 0 Å². The van der Waals surface area contributed by atoms with Gasteiger partial charge in [-0.05, 0) is 44.4 Å². The average Bonchev–Trinajstić information content (AvgIpc) is 2.42. The number of rotatable bonds is 3. The van der Waals surface area contributed by atoms with Gasteiger partial charge < -0.3 is 4.74 Å². The van der Waals surface area contributed by atoms with E-state index in [4.69, 9.17) is 4.74 Å². The van der Waals surface area contributed by atoms with Gasteiger partial charge in [0.2, 0.25) is 0 Å². The fourth-order valence-electron chi connectivity index (χ4n) is 2.12. The average molecular weight is 271 g/mol. The highest BCUT2D eigenvalue weighted by Gasteiger charge is 2.31. The minimum Gasteiger partial charge on any atom is -0.379 e. The van der Waals surface area contributed by atoms with Crippen LogP contribution in [0, 0.1) is 17.8 Å². The highest BCUT2D eigenvalue weighted by molar-refractivity contribution is 4.83. The Kier molecular flexibility index (Phi) is 12.7. The molecule has 1 nitrogen and oxygen atoms in total. The molecule has 0 amide bonds. The van der Waals surface area contributed by atoms with Crippen molar-refractivity contribution in [2.45, 2.75) is 79.2 Å². The van der Waals surface area contributed by atoms with E-state index in [1.807, 2.05) is 7.11 Å². The molecule has 0 aromatic carbocycles. The lowest BCUT2D eigenvalue weighted by molar-refractivity contribution is -0.0437. The molecule has 1 saturated carbocycles. The molecule has 1 aliphatic rings. The Labute approximate surface area is 122 Å². The molecule has 0 radical (unpaired) electrons. The van der Waals surface area contributed by atoms with Gasteiger partial charge in [0, 0.05) is 7.11 Å². The molecular formula is C18H38O. The van der Waals surface area contributed by atoms with E-state index in [2.05, 4.69) is 54.7 Å². The van der Waals surface area contributed by atoms with Gasteiger partial charge in [0.25, 0.3) is 0 Å². The molecule has 0 aliphatic heterocycles. The zero-order valence-corrected chi connectivity index (χ0v) is 14.6. The fourth-order valence-corrected chi connectivity index (χ4v) is 2.12. The summed E-state index contributed by atoms with van der Waals surface area (Å²) >= 11 is 0. The van der Waals surface area contributed by atoms with E-state index in [1.165, 1.54) is 32.1 Å². The van der Waals surface area contributed by atoms with Crippen LogP contribution in [0.5, 0.6) is 0 Å². The van der Waals surface area contributed by atoms with E-state index >= 15 is 0 Å². The van der Waals surface area contributed by atoms with E-state index in [9.17, 15) is 0 Å². The fraction of sp³-hybridized carbons (Fsp3) is 0.889. The van der Waals surface area contributed by atoms with Crippen LogP contribution in [0.4, 0.5) is 0 Å². The van der Waals surface area contributed by atoms with E-state index in [-0.39, 0.29) is 5.60 Å². The molecule has 0 aromatic heterocycles. The number of ether oxygens (including phenoxy) is 1. The summed E-state index contributed by atoms with van der Waals surface area (Å²) in [5.74, 6) is 2.60. The minimum atomic E-state index is 0.0974. The van der Waals surface area contributed by atoms with Crippen LogP contribution >= 0.6 is 0 Å². The predicted molar refractivity (Wildman–Crippen MR) is 88.6 cm³/mol. The van der Waals surface area contributed by atoms with Gasteiger partial charge in [-0.2, -0.15) is 0 Å². The molecule has 0 N–H and O–H groups in total. The maximum Gasteiger partial charge on any atom is 0.0650 e. The first kappa shape index (κ1) is 21.0. The maximum atomic E-state index is 5.51. The van der Waals surface area contributed by atoms with Gasteiger partial charge >= 0.3 is 0 Å². The topological polar surface area (TPSA) is 9.23 Å². The van der Waals surface area contributed by atoms with E-state index in [1.54, 1.807) is 0 Å². The van der Waals surface area contributed by atoms with Crippen molar-refractivity contribution in [3.8, 4) is 0 Å². The minimum absolute atomic E-state index is 0.0974. The molecule has 0 bridgehead atoms. The summed E-state index contributed by atoms with van der Waals surface area (Å²) in [5.41, 5.74) is 0.0974. The van der Waals surface area contributed by atoms with Crippen LogP contribution in [0.15, 0.2) is 13.2 Å². The number of hydrogen-bond donors (Lipinski definition) is 0. The zero-order chi connectivity index (χ0) is 15.5. The van der Waals surface area contributed by atoms with Crippen molar-refractivity contribution < 1.29 is 4.74 Å². The Morgan fingerprint density at radius 3 is 1.74 bits per heavy atom. The van der Waals surface area contributed by atoms with Crippen LogP contribution in [-0.2, 0) is 4.74 Å². The van der Waals surface area contributed by atoms with Crippen LogP contribution in [-0.4, -0.2) is 12.7 Å². The summed E-state index contributed by atoms with van der Waals surface area (Å²) in [6.45, 7) is 19.4. The van der Waals surface area contributed by atoms with Crippen LogP contribution in [0.2, 0.25) is 0 Å². The van der Waals surface area contributed by atoms with Gasteiger partial charge in [0.1, 0.15) is 0 Å². The van der Waals surface area contributed by atoms with Crippen molar-refractivity contribution in [2.24, 2.45) is 17.8 Å². The molecule has 0 saturated heterocycles. The van der Waals surface area contributed by atoms with Crippen molar-refractivity contribution in [3.05, 3.63) is 13.2 Å². The number of methoxy groups -OCH3 is 1. The Balaban J connectivity index is 0. The quantitative estimate of drug-likeness (QED) is 0.564. The van der Waals surface area contributed by atoms with Crippen molar-refractivity contribution in [1.82, 2.24) is 0 Å². The maximum absolute atomic E-state index is 5.51. The summed E-state index contributed by atoms with van der Waals surface area (Å²) in [5, 5.41) is 0. The van der Waals surface area contributed by atoms with Crippen LogP contribution in [0.25, 0.3) is 0 Å². The summed E-state index contributed by atoms with van der Waals surface area (Å²) in [6, 6.07) is 0. The summed E-state index contributed by atoms with van der Waals surface area (Å²) in [6.07, 6.45) is 6.78. The van der Waals surface area contributed by atoms with Gasteiger partial charge in [-0.1, -0.05) is 47.0 Å². The Bertz CT molecular complexity index is 188. The monoisotopic (exact) mass is 270 g/mol. The summed E-state index contributed by atoms with van der Waals surface area (Å²) in [4.78, 5) is 0. The normalized spacial score (nSPS) is 22.9. The second-order valence-electron chi connectivity index (χ2n) is 6.57. The van der Waals surface area contributed by atoms with Gasteiger partial charge in [-0.25, -0.2) is 0 Å². The number of hydrogen-bond acceptors (Lipinski definition) is 1. The molecule has 0 spiro atoms. The largest absolute Gasteiger partial charge is 0.379 e. The van der Waals surface area contributed by atoms with Gasteiger partial charge in [0.15, 0.2) is 0 Å². The van der Waals surface area contributed by atoms with Gasteiger partial charge in [-0.15, -0.1) is 13.2 Å². The first-order valence-electron chi connectivity index (χ1n) is 7.88. The lowest BCUT2D eigenvalue weighted by Gasteiger charge is -2.37. The molecule has 1 heteroatoms. The second kappa shape index (κ2) is 11.5. The van der Waals surface area contributed by atoms with E-state index in [0.717, 1.165) is 17.8 Å². The molecule has 0 heterocycles. The lowest BCUT2D eigenvalue weighted by Crippen LogP contribution is -2.35. The highest BCUT2D eigenvalue weighted by Crippen LogP contribution is 2.36. The molecule has 0 atom stereocenters. The Morgan fingerprint density at radius 2 is 1.47 bits per heavy atom. The predicted octanol–water partition coefficient (Wildman–Crippen LogP) is 6.09. The van der Waals surface area contributed by atoms with Crippen molar-refractivity contribution >= 4 is 0 Å². The molecule has 1 aliphatic carbocycles. The van der Waals surface area contributed by atoms with Crippen LogP contribution in [0.1, 0.15) is 73.6 Å². The molecule has 0 unspecified atom stereocenters. The standard InChI is InChI=1S/C11H22O.C5H12.C2H4/c1-9-5-7-10(8-6-9)11(2,3)12-4;1-4-5(2)3;1-2/h9-10H,5-8H2,1-4H3;5H,4H2,1-3H3;1-2H2. The molecular weight excluding hydrogens is 232 g/mol. The molecule has 116 valence electrons. The van der Waals surface area contributed by atoms with Crippen molar-refractivity contribution in [3.63, 3.8) is 0 Å². The third-order valence-electron chi connectivity index (χ3n) is 4.34. The first-order chi connectivity index (χ1) is 8.83. The van der Waals surface area contributed by atoms with Gasteiger partial charge in [0.05, 0.1) is 5.60 Å². The van der Waals surface area contributed by atoms with E-state index in [0.29, 0.717) is 0 Å². The summed E-state index contributed by atoms with van der Waals surface area (Å²) < 4.78 is 5.51. The first-order valence-corrected chi connectivity index (χ1v) is 7.88. The highest BCUT2D eigenvalue weighted by atomic mass is 16.5. The zero-order valence-electron chi connectivity index (χ0n) is 14.6. The van der Waals surface area contributed by atoms with Crippen molar-refractivity contribution in [2.75, 3.05) is 7.11 Å². The Hall–Kier alpha value is -0.300. The van der Waals surface area contributed by atoms with Crippen molar-refractivity contribution in [1.29, 1.82) is 0 Å². The van der Waals surface area contributed by atoms with Gasteiger partial charge in [-0.3, -0.25) is 0 Å². The lowest BCUT2D eigenvalue weighted by atomic mass is 9.75. The third kappa shape index (κ3) is 10.2. The SMILES string of the molecule is C=C.CCC(C)C.COC(C)(C)C1CCC(C)CC1. The smallest absolute Gasteiger partial charge is 0.0650 e. The molecule has 19 heavy (non-hydrogen) atoms. The molecule has 0 aromatic rings. The van der Waals surface area contributed by atoms with E-state index < -0.39 is 0 Å². The van der Waals surface area contributed by atoms with Crippen LogP contribution < -0.4 is 0 Å². The molecule has 1 fully saturated rings. The second-order valence-corrected chi connectivity index (χ2v) is 6.57. The third-order valence-corrected chi connectivity index (χ3v) is 4.34.